The second-order valence-corrected chi connectivity index (χ2v) is 7.56. The maximum Gasteiger partial charge on any atom is 0.104 e. The monoisotopic (exact) mass is 308 g/mol. The van der Waals surface area contributed by atoms with E-state index in [4.69, 9.17) is 11.6 Å². The molecule has 0 aliphatic carbocycles. The number of quaternary nitrogens is 2. The molecule has 116 valence electrons. The molecule has 2 N–H and O–H groups in total. The Balaban J connectivity index is 1.50. The molecule has 2 atom stereocenters. The molecule has 3 heteroatoms. The minimum atomic E-state index is 0.919. The lowest BCUT2D eigenvalue weighted by atomic mass is 9.95. The quantitative estimate of drug-likeness (QED) is 0.830. The smallest absolute Gasteiger partial charge is 0.104 e. The van der Waals surface area contributed by atoms with Crippen LogP contribution in [0.1, 0.15) is 38.2 Å². The molecule has 2 aliphatic heterocycles. The third-order valence-electron chi connectivity index (χ3n) is 5.47. The van der Waals surface area contributed by atoms with Gasteiger partial charge in [0.25, 0.3) is 0 Å². The van der Waals surface area contributed by atoms with Gasteiger partial charge in [0.15, 0.2) is 0 Å². The standard InChI is InChI=1S/C18H27ClN2/c1-15-5-4-10-21(13-15)17-8-11-20(12-9-17)14-16-6-2-3-7-18(16)19/h2-3,6-7,15,17H,4-5,8-14H2,1H3/p+2. The maximum atomic E-state index is 6.29. The molecule has 2 heterocycles. The molecule has 1 aromatic rings. The van der Waals surface area contributed by atoms with Gasteiger partial charge in [-0.05, 0) is 18.9 Å². The fourth-order valence-corrected chi connectivity index (χ4v) is 4.42. The highest BCUT2D eigenvalue weighted by Gasteiger charge is 2.32. The van der Waals surface area contributed by atoms with Gasteiger partial charge in [-0.2, -0.15) is 0 Å². The molecule has 1 aromatic carbocycles. The molecule has 2 unspecified atom stereocenters. The number of nitrogens with one attached hydrogen (secondary N) is 2. The normalized spacial score (nSPS) is 33.8. The van der Waals surface area contributed by atoms with Crippen molar-refractivity contribution in [1.82, 2.24) is 0 Å². The van der Waals surface area contributed by atoms with Crippen molar-refractivity contribution >= 4 is 11.6 Å². The van der Waals surface area contributed by atoms with Crippen LogP contribution in [-0.2, 0) is 6.54 Å². The fourth-order valence-electron chi connectivity index (χ4n) is 4.22. The molecular weight excluding hydrogens is 280 g/mol. The Hall–Kier alpha value is -0.570. The summed E-state index contributed by atoms with van der Waals surface area (Å²) in [6, 6.07) is 9.24. The Morgan fingerprint density at radius 2 is 1.86 bits per heavy atom. The van der Waals surface area contributed by atoms with Gasteiger partial charge in [0.1, 0.15) is 6.54 Å². The highest BCUT2D eigenvalue weighted by molar-refractivity contribution is 6.31. The molecule has 2 aliphatic rings. The number of rotatable bonds is 3. The number of hydrogen-bond donors (Lipinski definition) is 2. The first-order valence-corrected chi connectivity index (χ1v) is 9.01. The molecule has 0 amide bonds. The van der Waals surface area contributed by atoms with Gasteiger partial charge in [-0.25, -0.2) is 0 Å². The third-order valence-corrected chi connectivity index (χ3v) is 5.84. The van der Waals surface area contributed by atoms with Crippen LogP contribution < -0.4 is 9.80 Å². The lowest BCUT2D eigenvalue weighted by Gasteiger charge is -2.37. The Kier molecular flexibility index (Phi) is 5.20. The van der Waals surface area contributed by atoms with Gasteiger partial charge in [-0.15, -0.1) is 0 Å². The van der Waals surface area contributed by atoms with Gasteiger partial charge >= 0.3 is 0 Å². The molecule has 2 nitrogen and oxygen atoms in total. The number of hydrogen-bond acceptors (Lipinski definition) is 0. The van der Waals surface area contributed by atoms with Crippen LogP contribution in [-0.4, -0.2) is 32.2 Å². The summed E-state index contributed by atoms with van der Waals surface area (Å²) < 4.78 is 0. The molecule has 3 rings (SSSR count). The first kappa shape index (κ1) is 15.3. The van der Waals surface area contributed by atoms with Crippen molar-refractivity contribution in [2.75, 3.05) is 26.2 Å². The lowest BCUT2D eigenvalue weighted by molar-refractivity contribution is -0.967. The Morgan fingerprint density at radius 3 is 2.57 bits per heavy atom. The molecule has 0 saturated carbocycles. The van der Waals surface area contributed by atoms with E-state index in [9.17, 15) is 0 Å². The molecule has 0 aromatic heterocycles. The molecular formula is C18H29ClN2+2. The van der Waals surface area contributed by atoms with Crippen LogP contribution in [0, 0.1) is 5.92 Å². The van der Waals surface area contributed by atoms with Crippen LogP contribution in [0.2, 0.25) is 5.02 Å². The van der Waals surface area contributed by atoms with Gasteiger partial charge in [0.2, 0.25) is 0 Å². The predicted octanol–water partition coefficient (Wildman–Crippen LogP) is 1.20. The largest absolute Gasteiger partial charge is 0.332 e. The van der Waals surface area contributed by atoms with Crippen molar-refractivity contribution in [1.29, 1.82) is 0 Å². The minimum absolute atomic E-state index is 0.919. The molecule has 2 fully saturated rings. The van der Waals surface area contributed by atoms with Gasteiger partial charge in [-0.3, -0.25) is 0 Å². The molecule has 2 saturated heterocycles. The average molecular weight is 309 g/mol. The van der Waals surface area contributed by atoms with Gasteiger partial charge < -0.3 is 9.80 Å². The highest BCUT2D eigenvalue weighted by atomic mass is 35.5. The van der Waals surface area contributed by atoms with Gasteiger partial charge in [-0.1, -0.05) is 36.7 Å². The zero-order chi connectivity index (χ0) is 14.7. The van der Waals surface area contributed by atoms with E-state index in [0.717, 1.165) is 23.5 Å². The van der Waals surface area contributed by atoms with Gasteiger partial charge in [0, 0.05) is 29.3 Å². The van der Waals surface area contributed by atoms with Crippen LogP contribution in [0.3, 0.4) is 0 Å². The van der Waals surface area contributed by atoms with Crippen molar-refractivity contribution in [3.8, 4) is 0 Å². The van der Waals surface area contributed by atoms with Crippen molar-refractivity contribution in [2.45, 2.75) is 45.2 Å². The number of benzene rings is 1. The van der Waals surface area contributed by atoms with E-state index in [0.29, 0.717) is 0 Å². The van der Waals surface area contributed by atoms with E-state index in [-0.39, 0.29) is 0 Å². The van der Waals surface area contributed by atoms with E-state index >= 15 is 0 Å². The van der Waals surface area contributed by atoms with Gasteiger partial charge in [0.05, 0.1) is 32.2 Å². The summed E-state index contributed by atoms with van der Waals surface area (Å²) in [5.41, 5.74) is 1.31. The van der Waals surface area contributed by atoms with E-state index in [1.807, 2.05) is 17.0 Å². The first-order valence-electron chi connectivity index (χ1n) is 8.64. The van der Waals surface area contributed by atoms with E-state index in [1.54, 1.807) is 4.90 Å². The summed E-state index contributed by atoms with van der Waals surface area (Å²) in [6.07, 6.45) is 5.66. The number of piperidine rings is 2. The Labute approximate surface area is 134 Å². The Morgan fingerprint density at radius 1 is 1.10 bits per heavy atom. The first-order chi connectivity index (χ1) is 10.2. The minimum Gasteiger partial charge on any atom is -0.332 e. The van der Waals surface area contributed by atoms with E-state index in [2.05, 4.69) is 19.1 Å². The summed E-state index contributed by atoms with van der Waals surface area (Å²) >= 11 is 6.29. The molecule has 0 radical (unpaired) electrons. The number of halogens is 1. The molecule has 0 bridgehead atoms. The summed E-state index contributed by atoms with van der Waals surface area (Å²) in [4.78, 5) is 3.61. The maximum absolute atomic E-state index is 6.29. The van der Waals surface area contributed by atoms with Crippen molar-refractivity contribution in [3.05, 3.63) is 34.9 Å². The van der Waals surface area contributed by atoms with Crippen molar-refractivity contribution in [3.63, 3.8) is 0 Å². The summed E-state index contributed by atoms with van der Waals surface area (Å²) in [5, 5.41) is 0.933. The second-order valence-electron chi connectivity index (χ2n) is 7.15. The van der Waals surface area contributed by atoms with Crippen LogP contribution in [0.4, 0.5) is 0 Å². The zero-order valence-electron chi connectivity index (χ0n) is 13.2. The fraction of sp³-hybridized carbons (Fsp3) is 0.667. The summed E-state index contributed by atoms with van der Waals surface area (Å²) in [5.74, 6) is 0.933. The van der Waals surface area contributed by atoms with E-state index < -0.39 is 0 Å². The summed E-state index contributed by atoms with van der Waals surface area (Å²) in [7, 11) is 0. The van der Waals surface area contributed by atoms with Crippen molar-refractivity contribution in [2.24, 2.45) is 5.92 Å². The lowest BCUT2D eigenvalue weighted by Crippen LogP contribution is -3.21. The predicted molar refractivity (Wildman–Crippen MR) is 88.0 cm³/mol. The average Bonchev–Trinajstić information content (AvgIpc) is 2.50. The molecule has 0 spiro atoms. The third kappa shape index (κ3) is 4.00. The highest BCUT2D eigenvalue weighted by Crippen LogP contribution is 2.14. The van der Waals surface area contributed by atoms with Crippen molar-refractivity contribution < 1.29 is 9.80 Å². The topological polar surface area (TPSA) is 8.88 Å². The second kappa shape index (κ2) is 7.13. The Bertz CT molecular complexity index is 454. The summed E-state index contributed by atoms with van der Waals surface area (Å²) in [6.45, 7) is 8.97. The zero-order valence-corrected chi connectivity index (χ0v) is 14.0. The van der Waals surface area contributed by atoms with Crippen LogP contribution in [0.25, 0.3) is 0 Å². The van der Waals surface area contributed by atoms with E-state index in [1.165, 1.54) is 57.4 Å². The number of likely N-dealkylation sites (tertiary alicyclic amines) is 2. The van der Waals surface area contributed by atoms with Crippen LogP contribution >= 0.6 is 11.6 Å². The molecule has 21 heavy (non-hydrogen) atoms. The van der Waals surface area contributed by atoms with Crippen LogP contribution in [0.15, 0.2) is 24.3 Å². The SMILES string of the molecule is CC1CCC[NH+](C2CC[NH+](Cc3ccccc3Cl)CC2)C1. The van der Waals surface area contributed by atoms with Crippen LogP contribution in [0.5, 0.6) is 0 Å².